The maximum atomic E-state index is 3.46. The Morgan fingerprint density at radius 2 is 1.65 bits per heavy atom. The van der Waals surface area contributed by atoms with E-state index in [0.717, 1.165) is 18.0 Å². The summed E-state index contributed by atoms with van der Waals surface area (Å²) in [5.41, 5.74) is 0. The van der Waals surface area contributed by atoms with Crippen molar-refractivity contribution in [2.24, 2.45) is 5.92 Å². The first-order valence-electron chi connectivity index (χ1n) is 7.39. The normalized spacial score (nSPS) is 34.1. The molecular weight excluding hydrogens is 210 g/mol. The fraction of sp³-hybridized carbons (Fsp3) is 1.00. The highest BCUT2D eigenvalue weighted by Crippen LogP contribution is 2.21. The zero-order chi connectivity index (χ0) is 12.3. The second-order valence-electron chi connectivity index (χ2n) is 5.94. The molecule has 1 N–H and O–H groups in total. The van der Waals surface area contributed by atoms with Gasteiger partial charge in [0.2, 0.25) is 0 Å². The Morgan fingerprint density at radius 1 is 1.06 bits per heavy atom. The van der Waals surface area contributed by atoms with Crippen molar-refractivity contribution in [1.29, 1.82) is 0 Å². The molecule has 2 unspecified atom stereocenters. The molecule has 2 aliphatic rings. The van der Waals surface area contributed by atoms with E-state index in [1.807, 2.05) is 0 Å². The topological polar surface area (TPSA) is 18.5 Å². The molecule has 2 atom stereocenters. The van der Waals surface area contributed by atoms with Crippen LogP contribution in [-0.4, -0.2) is 61.2 Å². The molecular formula is C14H29N3. The van der Waals surface area contributed by atoms with Crippen molar-refractivity contribution in [2.45, 2.75) is 45.7 Å². The van der Waals surface area contributed by atoms with Gasteiger partial charge in [0.05, 0.1) is 0 Å². The summed E-state index contributed by atoms with van der Waals surface area (Å²) in [5.74, 6) is 0.925. The molecule has 0 radical (unpaired) electrons. The molecule has 0 aromatic heterocycles. The lowest BCUT2D eigenvalue weighted by Gasteiger charge is -2.46. The molecule has 3 nitrogen and oxygen atoms in total. The Morgan fingerprint density at radius 3 is 2.18 bits per heavy atom. The zero-order valence-corrected chi connectivity index (χ0v) is 11.8. The van der Waals surface area contributed by atoms with Crippen LogP contribution in [0.25, 0.3) is 0 Å². The summed E-state index contributed by atoms with van der Waals surface area (Å²) >= 11 is 0. The number of rotatable bonds is 3. The van der Waals surface area contributed by atoms with Gasteiger partial charge in [0.1, 0.15) is 0 Å². The lowest BCUT2D eigenvalue weighted by atomic mass is 9.95. The number of likely N-dealkylation sites (N-methyl/N-ethyl adjacent to an activating group) is 1. The SMILES string of the molecule is CCN1CC(C)N(CC2CCNCC2)C(C)C1. The first kappa shape index (κ1) is 13.3. The van der Waals surface area contributed by atoms with Crippen molar-refractivity contribution in [3.63, 3.8) is 0 Å². The van der Waals surface area contributed by atoms with Gasteiger partial charge in [0.15, 0.2) is 0 Å². The highest BCUT2D eigenvalue weighted by molar-refractivity contribution is 4.86. The van der Waals surface area contributed by atoms with Gasteiger partial charge in [-0.1, -0.05) is 6.92 Å². The van der Waals surface area contributed by atoms with E-state index in [1.165, 1.54) is 52.1 Å². The summed E-state index contributed by atoms with van der Waals surface area (Å²) in [6.45, 7) is 14.6. The number of nitrogens with zero attached hydrogens (tertiary/aromatic N) is 2. The summed E-state index contributed by atoms with van der Waals surface area (Å²) in [7, 11) is 0. The van der Waals surface area contributed by atoms with E-state index in [-0.39, 0.29) is 0 Å². The van der Waals surface area contributed by atoms with Crippen LogP contribution in [0, 0.1) is 5.92 Å². The lowest BCUT2D eigenvalue weighted by molar-refractivity contribution is 0.0263. The minimum Gasteiger partial charge on any atom is -0.317 e. The van der Waals surface area contributed by atoms with Crippen LogP contribution in [0.5, 0.6) is 0 Å². The average molecular weight is 239 g/mol. The van der Waals surface area contributed by atoms with Crippen LogP contribution in [0.3, 0.4) is 0 Å². The maximum Gasteiger partial charge on any atom is 0.0198 e. The Hall–Kier alpha value is -0.120. The van der Waals surface area contributed by atoms with Crippen molar-refractivity contribution < 1.29 is 0 Å². The van der Waals surface area contributed by atoms with Gasteiger partial charge in [-0.15, -0.1) is 0 Å². The van der Waals surface area contributed by atoms with E-state index in [1.54, 1.807) is 0 Å². The van der Waals surface area contributed by atoms with Crippen LogP contribution in [0.15, 0.2) is 0 Å². The van der Waals surface area contributed by atoms with Crippen molar-refractivity contribution in [1.82, 2.24) is 15.1 Å². The lowest BCUT2D eigenvalue weighted by Crippen LogP contribution is -2.57. The van der Waals surface area contributed by atoms with E-state index in [2.05, 4.69) is 35.9 Å². The third-order valence-electron chi connectivity index (χ3n) is 4.55. The van der Waals surface area contributed by atoms with E-state index >= 15 is 0 Å². The number of nitrogens with one attached hydrogen (secondary N) is 1. The zero-order valence-electron chi connectivity index (χ0n) is 11.8. The third-order valence-corrected chi connectivity index (χ3v) is 4.55. The first-order valence-corrected chi connectivity index (χ1v) is 7.39. The summed E-state index contributed by atoms with van der Waals surface area (Å²) in [5, 5.41) is 3.46. The van der Waals surface area contributed by atoms with Crippen LogP contribution >= 0.6 is 0 Å². The van der Waals surface area contributed by atoms with Gasteiger partial charge in [-0.3, -0.25) is 4.90 Å². The third kappa shape index (κ3) is 3.43. The highest BCUT2D eigenvalue weighted by atomic mass is 15.3. The summed E-state index contributed by atoms with van der Waals surface area (Å²) in [4.78, 5) is 5.34. The molecule has 0 amide bonds. The standard InChI is InChI=1S/C14H29N3/c1-4-16-9-12(2)17(13(3)10-16)11-14-5-7-15-8-6-14/h12-15H,4-11H2,1-3H3. The van der Waals surface area contributed by atoms with Crippen molar-refractivity contribution in [3.8, 4) is 0 Å². The van der Waals surface area contributed by atoms with Crippen LogP contribution in [0.1, 0.15) is 33.6 Å². The monoisotopic (exact) mass is 239 g/mol. The quantitative estimate of drug-likeness (QED) is 0.803. The van der Waals surface area contributed by atoms with Gasteiger partial charge in [0, 0.05) is 31.7 Å². The Kier molecular flexibility index (Phi) is 4.83. The molecule has 3 heteroatoms. The van der Waals surface area contributed by atoms with Crippen molar-refractivity contribution in [2.75, 3.05) is 39.3 Å². The largest absolute Gasteiger partial charge is 0.317 e. The highest BCUT2D eigenvalue weighted by Gasteiger charge is 2.30. The predicted molar refractivity (Wildman–Crippen MR) is 73.3 cm³/mol. The van der Waals surface area contributed by atoms with Crippen LogP contribution in [0.4, 0.5) is 0 Å². The second-order valence-corrected chi connectivity index (χ2v) is 5.94. The minimum absolute atomic E-state index is 0.730. The molecule has 2 saturated heterocycles. The van der Waals surface area contributed by atoms with Gasteiger partial charge in [0.25, 0.3) is 0 Å². The van der Waals surface area contributed by atoms with E-state index < -0.39 is 0 Å². The predicted octanol–water partition coefficient (Wildman–Crippen LogP) is 1.40. The van der Waals surface area contributed by atoms with Crippen LogP contribution in [0.2, 0.25) is 0 Å². The molecule has 0 aliphatic carbocycles. The van der Waals surface area contributed by atoms with E-state index in [0.29, 0.717) is 0 Å². The molecule has 0 spiro atoms. The molecule has 2 fully saturated rings. The van der Waals surface area contributed by atoms with Crippen molar-refractivity contribution >= 4 is 0 Å². The van der Waals surface area contributed by atoms with E-state index in [4.69, 9.17) is 0 Å². The molecule has 0 aromatic carbocycles. The Balaban J connectivity index is 1.86. The maximum absolute atomic E-state index is 3.46. The number of hydrogen-bond donors (Lipinski definition) is 1. The smallest absolute Gasteiger partial charge is 0.0198 e. The fourth-order valence-corrected chi connectivity index (χ4v) is 3.45. The summed E-state index contributed by atoms with van der Waals surface area (Å²) in [6.07, 6.45) is 2.74. The summed E-state index contributed by atoms with van der Waals surface area (Å²) in [6, 6.07) is 1.46. The Bertz CT molecular complexity index is 214. The van der Waals surface area contributed by atoms with Crippen LogP contribution in [-0.2, 0) is 0 Å². The van der Waals surface area contributed by atoms with Gasteiger partial charge in [-0.2, -0.15) is 0 Å². The first-order chi connectivity index (χ1) is 8.20. The fourth-order valence-electron chi connectivity index (χ4n) is 3.45. The average Bonchev–Trinajstić information content (AvgIpc) is 2.35. The number of hydrogen-bond acceptors (Lipinski definition) is 3. The molecule has 100 valence electrons. The Labute approximate surface area is 107 Å². The van der Waals surface area contributed by atoms with Crippen LogP contribution < -0.4 is 5.32 Å². The molecule has 0 aromatic rings. The molecule has 2 aliphatic heterocycles. The van der Waals surface area contributed by atoms with E-state index in [9.17, 15) is 0 Å². The van der Waals surface area contributed by atoms with Gasteiger partial charge >= 0.3 is 0 Å². The molecule has 2 heterocycles. The minimum atomic E-state index is 0.730. The molecule has 0 saturated carbocycles. The molecule has 0 bridgehead atoms. The van der Waals surface area contributed by atoms with Crippen molar-refractivity contribution in [3.05, 3.63) is 0 Å². The number of piperazine rings is 1. The van der Waals surface area contributed by atoms with Gasteiger partial charge < -0.3 is 10.2 Å². The number of piperidine rings is 1. The molecule has 2 rings (SSSR count). The van der Waals surface area contributed by atoms with Gasteiger partial charge in [-0.25, -0.2) is 0 Å². The second kappa shape index (κ2) is 6.17. The molecule has 17 heavy (non-hydrogen) atoms. The summed E-state index contributed by atoms with van der Waals surface area (Å²) < 4.78 is 0. The van der Waals surface area contributed by atoms with Gasteiger partial charge in [-0.05, 0) is 52.2 Å².